The van der Waals surface area contributed by atoms with Crippen LogP contribution < -0.4 is 4.72 Å². The van der Waals surface area contributed by atoms with Crippen molar-refractivity contribution in [1.29, 1.82) is 0 Å². The highest BCUT2D eigenvalue weighted by Crippen LogP contribution is 2.21. The van der Waals surface area contributed by atoms with E-state index in [1.807, 2.05) is 6.92 Å². The highest BCUT2D eigenvalue weighted by atomic mass is 32.2. The van der Waals surface area contributed by atoms with Crippen LogP contribution in [0.15, 0.2) is 47.4 Å². The Morgan fingerprint density at radius 1 is 1.20 bits per heavy atom. The summed E-state index contributed by atoms with van der Waals surface area (Å²) >= 11 is 0. The van der Waals surface area contributed by atoms with Crippen molar-refractivity contribution in [2.24, 2.45) is 0 Å². The first-order valence-corrected chi connectivity index (χ1v) is 9.34. The fraction of sp³-hybridized carbons (Fsp3) is 0.278. The number of amides is 1. The van der Waals surface area contributed by atoms with Crippen LogP contribution in [-0.2, 0) is 21.4 Å². The SMILES string of the molecule is CCN(Cc1cccc(NS(=O)(=O)c2cc(C)ccc2F)c1)C(C)=O. The Hall–Kier alpha value is -2.41. The van der Waals surface area contributed by atoms with Crippen LogP contribution in [0.2, 0.25) is 0 Å². The minimum Gasteiger partial charge on any atom is -0.339 e. The molecule has 0 aromatic heterocycles. The van der Waals surface area contributed by atoms with Crippen molar-refractivity contribution in [2.75, 3.05) is 11.3 Å². The number of aryl methyl sites for hydroxylation is 1. The van der Waals surface area contributed by atoms with Gasteiger partial charge in [0.25, 0.3) is 10.0 Å². The van der Waals surface area contributed by atoms with E-state index in [1.54, 1.807) is 36.1 Å². The van der Waals surface area contributed by atoms with Gasteiger partial charge in [-0.15, -0.1) is 0 Å². The molecule has 25 heavy (non-hydrogen) atoms. The van der Waals surface area contributed by atoms with E-state index in [0.717, 1.165) is 11.6 Å². The zero-order valence-electron chi connectivity index (χ0n) is 14.4. The van der Waals surface area contributed by atoms with Crippen LogP contribution in [0, 0.1) is 12.7 Å². The van der Waals surface area contributed by atoms with Crippen molar-refractivity contribution in [1.82, 2.24) is 4.90 Å². The monoisotopic (exact) mass is 364 g/mol. The summed E-state index contributed by atoms with van der Waals surface area (Å²) in [6.07, 6.45) is 0. The highest BCUT2D eigenvalue weighted by molar-refractivity contribution is 7.92. The Labute approximate surface area is 147 Å². The van der Waals surface area contributed by atoms with Crippen molar-refractivity contribution >= 4 is 21.6 Å². The maximum absolute atomic E-state index is 13.9. The molecule has 5 nitrogen and oxygen atoms in total. The largest absolute Gasteiger partial charge is 0.339 e. The predicted octanol–water partition coefficient (Wildman–Crippen LogP) is 3.30. The third-order valence-corrected chi connectivity index (χ3v) is 5.15. The van der Waals surface area contributed by atoms with E-state index in [4.69, 9.17) is 0 Å². The smallest absolute Gasteiger partial charge is 0.264 e. The minimum absolute atomic E-state index is 0.0599. The number of nitrogens with one attached hydrogen (secondary N) is 1. The van der Waals surface area contributed by atoms with Gasteiger partial charge in [0.15, 0.2) is 0 Å². The second-order valence-corrected chi connectivity index (χ2v) is 7.42. The van der Waals surface area contributed by atoms with Crippen LogP contribution in [-0.4, -0.2) is 25.8 Å². The van der Waals surface area contributed by atoms with Gasteiger partial charge in [0, 0.05) is 25.7 Å². The topological polar surface area (TPSA) is 66.5 Å². The molecule has 0 atom stereocenters. The van der Waals surface area contributed by atoms with E-state index < -0.39 is 20.7 Å². The van der Waals surface area contributed by atoms with E-state index in [1.165, 1.54) is 19.1 Å². The third-order valence-electron chi connectivity index (χ3n) is 3.76. The molecule has 7 heteroatoms. The molecule has 1 N–H and O–H groups in total. The number of rotatable bonds is 6. The van der Waals surface area contributed by atoms with Gasteiger partial charge in [0.05, 0.1) is 0 Å². The number of halogens is 1. The number of benzene rings is 2. The normalized spacial score (nSPS) is 11.2. The van der Waals surface area contributed by atoms with Crippen LogP contribution in [0.25, 0.3) is 0 Å². The van der Waals surface area contributed by atoms with E-state index in [-0.39, 0.29) is 5.91 Å². The summed E-state index contributed by atoms with van der Waals surface area (Å²) in [6, 6.07) is 10.6. The maximum atomic E-state index is 13.9. The Morgan fingerprint density at radius 3 is 2.56 bits per heavy atom. The lowest BCUT2D eigenvalue weighted by molar-refractivity contribution is -0.129. The number of nitrogens with zero attached hydrogens (tertiary/aromatic N) is 1. The van der Waals surface area contributed by atoms with E-state index >= 15 is 0 Å². The summed E-state index contributed by atoms with van der Waals surface area (Å²) in [7, 11) is -4.04. The first-order chi connectivity index (χ1) is 11.7. The van der Waals surface area contributed by atoms with E-state index in [0.29, 0.717) is 24.3 Å². The van der Waals surface area contributed by atoms with Crippen molar-refractivity contribution in [2.45, 2.75) is 32.2 Å². The zero-order chi connectivity index (χ0) is 18.6. The minimum atomic E-state index is -4.04. The van der Waals surface area contributed by atoms with Crippen LogP contribution in [0.4, 0.5) is 10.1 Å². The standard InChI is InChI=1S/C18H21FN2O3S/c1-4-21(14(3)22)12-15-6-5-7-16(11-15)20-25(23,24)18-10-13(2)8-9-17(18)19/h5-11,20H,4,12H2,1-3H3. The Balaban J connectivity index is 2.27. The number of hydrogen-bond acceptors (Lipinski definition) is 3. The molecule has 0 heterocycles. The van der Waals surface area contributed by atoms with Crippen molar-refractivity contribution in [3.05, 3.63) is 59.4 Å². The first-order valence-electron chi connectivity index (χ1n) is 7.86. The molecule has 1 amide bonds. The number of hydrogen-bond donors (Lipinski definition) is 1. The van der Waals surface area contributed by atoms with Crippen molar-refractivity contribution in [3.63, 3.8) is 0 Å². The van der Waals surface area contributed by atoms with Gasteiger partial charge < -0.3 is 4.90 Å². The van der Waals surface area contributed by atoms with Crippen molar-refractivity contribution < 1.29 is 17.6 Å². The lowest BCUT2D eigenvalue weighted by atomic mass is 10.2. The summed E-state index contributed by atoms with van der Waals surface area (Å²) in [5.74, 6) is -0.863. The number of carbonyl (C=O) groups excluding carboxylic acids is 1. The lowest BCUT2D eigenvalue weighted by Crippen LogP contribution is -2.27. The van der Waals surface area contributed by atoms with Gasteiger partial charge in [-0.3, -0.25) is 9.52 Å². The van der Waals surface area contributed by atoms with Crippen LogP contribution in [0.1, 0.15) is 25.0 Å². The second kappa shape index (κ2) is 7.65. The molecular formula is C18H21FN2O3S. The molecule has 2 rings (SSSR count). The number of anilines is 1. The predicted molar refractivity (Wildman–Crippen MR) is 95.2 cm³/mol. The Morgan fingerprint density at radius 2 is 1.92 bits per heavy atom. The fourth-order valence-electron chi connectivity index (χ4n) is 2.43. The van der Waals surface area contributed by atoms with Crippen LogP contribution >= 0.6 is 0 Å². The summed E-state index contributed by atoms with van der Waals surface area (Å²) in [4.78, 5) is 12.8. The molecule has 0 aliphatic carbocycles. The summed E-state index contributed by atoms with van der Waals surface area (Å²) in [6.45, 7) is 5.98. The quantitative estimate of drug-likeness (QED) is 0.855. The average Bonchev–Trinajstić information content (AvgIpc) is 2.54. The first kappa shape index (κ1) is 18.9. The van der Waals surface area contributed by atoms with Gasteiger partial charge in [-0.05, 0) is 49.2 Å². The second-order valence-electron chi connectivity index (χ2n) is 5.77. The van der Waals surface area contributed by atoms with Gasteiger partial charge >= 0.3 is 0 Å². The molecule has 0 unspecified atom stereocenters. The van der Waals surface area contributed by atoms with Gasteiger partial charge in [0.2, 0.25) is 5.91 Å². The molecule has 134 valence electrons. The van der Waals surface area contributed by atoms with E-state index in [9.17, 15) is 17.6 Å². The Kier molecular flexibility index (Phi) is 5.79. The van der Waals surface area contributed by atoms with Gasteiger partial charge in [-0.2, -0.15) is 0 Å². The van der Waals surface area contributed by atoms with Crippen LogP contribution in [0.3, 0.4) is 0 Å². The van der Waals surface area contributed by atoms with Crippen LogP contribution in [0.5, 0.6) is 0 Å². The molecule has 0 spiro atoms. The van der Waals surface area contributed by atoms with Crippen molar-refractivity contribution in [3.8, 4) is 0 Å². The molecule has 0 aliphatic rings. The number of carbonyl (C=O) groups is 1. The molecule has 0 bridgehead atoms. The molecule has 0 fully saturated rings. The number of sulfonamides is 1. The molecule has 2 aromatic carbocycles. The molecular weight excluding hydrogens is 343 g/mol. The maximum Gasteiger partial charge on any atom is 0.264 e. The zero-order valence-corrected chi connectivity index (χ0v) is 15.2. The van der Waals surface area contributed by atoms with Gasteiger partial charge in [-0.1, -0.05) is 18.2 Å². The highest BCUT2D eigenvalue weighted by Gasteiger charge is 2.19. The van der Waals surface area contributed by atoms with E-state index in [2.05, 4.69) is 4.72 Å². The fourth-order valence-corrected chi connectivity index (χ4v) is 3.64. The summed E-state index contributed by atoms with van der Waals surface area (Å²) in [5, 5.41) is 0. The third kappa shape index (κ3) is 4.79. The summed E-state index contributed by atoms with van der Waals surface area (Å²) in [5.41, 5.74) is 1.75. The molecule has 2 aromatic rings. The molecule has 0 aliphatic heterocycles. The van der Waals surface area contributed by atoms with Gasteiger partial charge in [-0.25, -0.2) is 12.8 Å². The lowest BCUT2D eigenvalue weighted by Gasteiger charge is -2.19. The van der Waals surface area contributed by atoms with Gasteiger partial charge in [0.1, 0.15) is 10.7 Å². The Bertz CT molecular complexity index is 882. The summed E-state index contributed by atoms with van der Waals surface area (Å²) < 4.78 is 41.2. The molecule has 0 radical (unpaired) electrons. The average molecular weight is 364 g/mol. The molecule has 0 saturated heterocycles. The molecule has 0 saturated carbocycles.